The van der Waals surface area contributed by atoms with Gasteiger partial charge in [-0.15, -0.1) is 0 Å². The van der Waals surface area contributed by atoms with Gasteiger partial charge in [0, 0.05) is 19.3 Å². The zero-order valence-electron chi connectivity index (χ0n) is 47.8. The lowest BCUT2D eigenvalue weighted by Crippen LogP contribution is -2.30. The molecule has 6 heteroatoms. The van der Waals surface area contributed by atoms with E-state index in [4.69, 9.17) is 14.2 Å². The second kappa shape index (κ2) is 60.2. The van der Waals surface area contributed by atoms with Gasteiger partial charge >= 0.3 is 17.9 Å². The third kappa shape index (κ3) is 58.4. The summed E-state index contributed by atoms with van der Waals surface area (Å²) in [7, 11) is 0. The van der Waals surface area contributed by atoms with Crippen molar-refractivity contribution >= 4 is 17.9 Å². The van der Waals surface area contributed by atoms with Gasteiger partial charge in [0.05, 0.1) is 0 Å². The summed E-state index contributed by atoms with van der Waals surface area (Å²) in [4.78, 5) is 38.0. The average molecular weight is 998 g/mol. The van der Waals surface area contributed by atoms with E-state index in [1.807, 2.05) is 0 Å². The first-order valence-electron chi connectivity index (χ1n) is 31.5. The topological polar surface area (TPSA) is 78.9 Å². The molecule has 0 spiro atoms. The molecule has 1 atom stereocenters. The number of hydrogen-bond donors (Lipinski definition) is 0. The molecule has 0 aromatic carbocycles. The Morgan fingerprint density at radius 2 is 0.479 bits per heavy atom. The van der Waals surface area contributed by atoms with Gasteiger partial charge in [0.1, 0.15) is 13.2 Å². The van der Waals surface area contributed by atoms with Gasteiger partial charge < -0.3 is 14.2 Å². The van der Waals surface area contributed by atoms with Crippen LogP contribution in [0.3, 0.4) is 0 Å². The Hall–Kier alpha value is -2.37. The molecule has 0 N–H and O–H groups in total. The first-order valence-corrected chi connectivity index (χ1v) is 31.5. The summed E-state index contributed by atoms with van der Waals surface area (Å²) in [6.07, 6.45) is 73.3. The molecule has 416 valence electrons. The van der Waals surface area contributed by atoms with E-state index in [9.17, 15) is 14.4 Å². The lowest BCUT2D eigenvalue weighted by atomic mass is 10.0. The Kier molecular flexibility index (Phi) is 58.2. The number of unbranched alkanes of at least 4 members (excludes halogenated alkanes) is 41. The Balaban J connectivity index is 4.02. The van der Waals surface area contributed by atoms with Gasteiger partial charge in [0.25, 0.3) is 0 Å². The van der Waals surface area contributed by atoms with Crippen LogP contribution in [0, 0.1) is 0 Å². The molecule has 0 saturated heterocycles. The molecule has 0 radical (unpaired) electrons. The first-order chi connectivity index (χ1) is 35.0. The highest BCUT2D eigenvalue weighted by Crippen LogP contribution is 2.17. The smallest absolute Gasteiger partial charge is 0.306 e. The molecule has 0 aliphatic carbocycles. The molecule has 0 saturated carbocycles. The lowest BCUT2D eigenvalue weighted by molar-refractivity contribution is -0.167. The number of esters is 3. The van der Waals surface area contributed by atoms with Crippen LogP contribution in [0.2, 0.25) is 0 Å². The van der Waals surface area contributed by atoms with Crippen LogP contribution in [0.25, 0.3) is 0 Å². The molecule has 6 nitrogen and oxygen atoms in total. The molecule has 0 aromatic heterocycles. The van der Waals surface area contributed by atoms with Crippen molar-refractivity contribution in [1.82, 2.24) is 0 Å². The van der Waals surface area contributed by atoms with E-state index in [0.29, 0.717) is 19.3 Å². The highest BCUT2D eigenvalue weighted by molar-refractivity contribution is 5.71. The van der Waals surface area contributed by atoms with Crippen LogP contribution in [-0.2, 0) is 28.6 Å². The van der Waals surface area contributed by atoms with Gasteiger partial charge in [-0.3, -0.25) is 14.4 Å². The monoisotopic (exact) mass is 997 g/mol. The molecule has 0 rings (SSSR count). The molecule has 71 heavy (non-hydrogen) atoms. The van der Waals surface area contributed by atoms with E-state index in [2.05, 4.69) is 57.2 Å². The highest BCUT2D eigenvalue weighted by Gasteiger charge is 2.19. The van der Waals surface area contributed by atoms with Gasteiger partial charge in [-0.05, 0) is 83.5 Å². The maximum atomic E-state index is 12.8. The SMILES string of the molecule is CCCC/C=C\CCCCCCCC(=O)OCC(COC(=O)CCCCCCCCCCCCCCCCCCCCC/C=C\CCCCCCCCCC)OC(=O)CCCCCCC/C=C\CCCC. The fourth-order valence-electron chi connectivity index (χ4n) is 9.28. The van der Waals surface area contributed by atoms with Crippen molar-refractivity contribution in [2.45, 2.75) is 348 Å². The summed E-state index contributed by atoms with van der Waals surface area (Å²) < 4.78 is 16.8. The van der Waals surface area contributed by atoms with E-state index in [0.717, 1.165) is 77.0 Å². The predicted molar refractivity (Wildman–Crippen MR) is 307 cm³/mol. The van der Waals surface area contributed by atoms with Crippen molar-refractivity contribution in [3.05, 3.63) is 36.5 Å². The maximum Gasteiger partial charge on any atom is 0.306 e. The molecular formula is C65H120O6. The van der Waals surface area contributed by atoms with E-state index in [1.165, 1.54) is 225 Å². The first kappa shape index (κ1) is 68.6. The number of carbonyl (C=O) groups is 3. The minimum absolute atomic E-state index is 0.0748. The van der Waals surface area contributed by atoms with Gasteiger partial charge in [-0.1, -0.05) is 276 Å². The van der Waals surface area contributed by atoms with Crippen molar-refractivity contribution < 1.29 is 28.6 Å². The van der Waals surface area contributed by atoms with Crippen LogP contribution in [0.4, 0.5) is 0 Å². The molecular weight excluding hydrogens is 877 g/mol. The lowest BCUT2D eigenvalue weighted by Gasteiger charge is -2.18. The van der Waals surface area contributed by atoms with Crippen molar-refractivity contribution in [2.24, 2.45) is 0 Å². The number of hydrogen-bond acceptors (Lipinski definition) is 6. The maximum absolute atomic E-state index is 12.8. The molecule has 1 unspecified atom stereocenters. The summed E-state index contributed by atoms with van der Waals surface area (Å²) in [6.45, 7) is 6.59. The molecule has 0 aliphatic heterocycles. The van der Waals surface area contributed by atoms with E-state index in [1.54, 1.807) is 0 Å². The quantitative estimate of drug-likeness (QED) is 0.0261. The Morgan fingerprint density at radius 1 is 0.268 bits per heavy atom. The molecule has 0 aliphatic rings. The van der Waals surface area contributed by atoms with Crippen LogP contribution < -0.4 is 0 Å². The van der Waals surface area contributed by atoms with Crippen LogP contribution in [0.15, 0.2) is 36.5 Å². The Labute approximate surface area is 442 Å². The zero-order valence-corrected chi connectivity index (χ0v) is 47.8. The minimum atomic E-state index is -0.776. The van der Waals surface area contributed by atoms with Gasteiger partial charge in [0.15, 0.2) is 6.10 Å². The van der Waals surface area contributed by atoms with E-state index >= 15 is 0 Å². The number of ether oxygens (including phenoxy) is 3. The minimum Gasteiger partial charge on any atom is -0.462 e. The summed E-state index contributed by atoms with van der Waals surface area (Å²) in [6, 6.07) is 0. The standard InChI is InChI=1S/C65H120O6/c1-4-7-10-13-16-19-22-23-24-25-26-27-28-29-30-31-32-33-34-35-36-37-38-39-40-41-44-46-49-52-55-58-64(67)70-61-62(71-65(68)59-56-53-50-47-43-21-18-15-12-9-6-3)60-69-63(66)57-54-51-48-45-42-20-17-14-11-8-5-2/h14-15,17-18,25-26,62H,4-13,16,19-24,27-61H2,1-3H3/b17-14-,18-15-,26-25-. The molecule has 0 fully saturated rings. The molecule has 0 aromatic rings. The second-order valence-electron chi connectivity index (χ2n) is 21.3. The van der Waals surface area contributed by atoms with Crippen molar-refractivity contribution in [1.29, 1.82) is 0 Å². The van der Waals surface area contributed by atoms with Crippen LogP contribution in [0.5, 0.6) is 0 Å². The number of allylic oxidation sites excluding steroid dienone is 6. The van der Waals surface area contributed by atoms with Crippen molar-refractivity contribution in [3.63, 3.8) is 0 Å². The number of carbonyl (C=O) groups excluding carboxylic acids is 3. The summed E-state index contributed by atoms with van der Waals surface area (Å²) in [5.41, 5.74) is 0. The zero-order chi connectivity index (χ0) is 51.4. The van der Waals surface area contributed by atoms with Crippen molar-refractivity contribution in [2.75, 3.05) is 13.2 Å². The van der Waals surface area contributed by atoms with Gasteiger partial charge in [-0.25, -0.2) is 0 Å². The van der Waals surface area contributed by atoms with Gasteiger partial charge in [-0.2, -0.15) is 0 Å². The van der Waals surface area contributed by atoms with E-state index < -0.39 is 6.10 Å². The molecule has 0 heterocycles. The fourth-order valence-corrected chi connectivity index (χ4v) is 9.28. The van der Waals surface area contributed by atoms with Crippen molar-refractivity contribution in [3.8, 4) is 0 Å². The average Bonchev–Trinajstić information content (AvgIpc) is 3.37. The van der Waals surface area contributed by atoms with Crippen LogP contribution >= 0.6 is 0 Å². The second-order valence-corrected chi connectivity index (χ2v) is 21.3. The number of rotatable bonds is 58. The Bertz CT molecular complexity index is 1190. The highest BCUT2D eigenvalue weighted by atomic mass is 16.6. The normalized spacial score (nSPS) is 12.2. The fraction of sp³-hybridized carbons (Fsp3) is 0.862. The third-order valence-corrected chi connectivity index (χ3v) is 14.1. The van der Waals surface area contributed by atoms with Crippen LogP contribution in [-0.4, -0.2) is 37.2 Å². The predicted octanol–water partition coefficient (Wildman–Crippen LogP) is 21.2. The largest absolute Gasteiger partial charge is 0.462 e. The third-order valence-electron chi connectivity index (χ3n) is 14.1. The van der Waals surface area contributed by atoms with Gasteiger partial charge in [0.2, 0.25) is 0 Å². The summed E-state index contributed by atoms with van der Waals surface area (Å²) in [5.74, 6) is -0.880. The van der Waals surface area contributed by atoms with E-state index in [-0.39, 0.29) is 31.1 Å². The molecule has 0 bridgehead atoms. The summed E-state index contributed by atoms with van der Waals surface area (Å²) >= 11 is 0. The van der Waals surface area contributed by atoms with Crippen LogP contribution in [0.1, 0.15) is 342 Å². The molecule has 0 amide bonds. The Morgan fingerprint density at radius 3 is 0.746 bits per heavy atom. The summed E-state index contributed by atoms with van der Waals surface area (Å²) in [5, 5.41) is 0.